The largest absolute Gasteiger partial charge is 0.497 e. The van der Waals surface area contributed by atoms with Crippen LogP contribution < -0.4 is 14.4 Å². The molecule has 1 aliphatic heterocycles. The molecule has 0 radical (unpaired) electrons. The Kier molecular flexibility index (Phi) is 6.86. The van der Waals surface area contributed by atoms with Crippen LogP contribution in [0.4, 0.5) is 11.5 Å². The van der Waals surface area contributed by atoms with E-state index in [1.807, 2.05) is 0 Å². The van der Waals surface area contributed by atoms with Crippen LogP contribution in [0.3, 0.4) is 0 Å². The van der Waals surface area contributed by atoms with E-state index < -0.39 is 22.5 Å². The number of ether oxygens (including phenoxy) is 2. The molecule has 180 valence electrons. The summed E-state index contributed by atoms with van der Waals surface area (Å²) < 4.78 is 11.1. The van der Waals surface area contributed by atoms with Crippen LogP contribution in [0.5, 0.6) is 17.4 Å². The molecular formula is C24H22N4O7. The second-order valence-corrected chi connectivity index (χ2v) is 7.87. The molecule has 1 N–H and O–H groups in total. The maximum Gasteiger partial charge on any atom is 0.373 e. The molecule has 11 heteroatoms. The smallest absolute Gasteiger partial charge is 0.373 e. The van der Waals surface area contributed by atoms with Crippen molar-refractivity contribution in [1.82, 2.24) is 9.97 Å². The molecule has 0 atom stereocenters. The van der Waals surface area contributed by atoms with Gasteiger partial charge < -0.3 is 19.5 Å². The molecule has 0 saturated carbocycles. The molecule has 1 fully saturated rings. The lowest BCUT2D eigenvalue weighted by molar-refractivity contribution is -0.385. The van der Waals surface area contributed by atoms with Crippen molar-refractivity contribution in [1.29, 1.82) is 0 Å². The maximum atomic E-state index is 13.1. The van der Waals surface area contributed by atoms with Gasteiger partial charge in [0.05, 0.1) is 23.5 Å². The van der Waals surface area contributed by atoms with Gasteiger partial charge in [-0.3, -0.25) is 19.7 Å². The molecular weight excluding hydrogens is 456 g/mol. The molecule has 1 aliphatic rings. The number of hydrogen-bond donors (Lipinski definition) is 1. The van der Waals surface area contributed by atoms with Crippen molar-refractivity contribution in [3.8, 4) is 17.4 Å². The number of anilines is 1. The van der Waals surface area contributed by atoms with Crippen LogP contribution in [-0.4, -0.2) is 51.9 Å². The monoisotopic (exact) mass is 478 g/mol. The van der Waals surface area contributed by atoms with Crippen molar-refractivity contribution >= 4 is 23.3 Å². The minimum absolute atomic E-state index is 0.0303. The highest BCUT2D eigenvalue weighted by Gasteiger charge is 2.33. The van der Waals surface area contributed by atoms with Gasteiger partial charge in [0.25, 0.3) is 0 Å². The van der Waals surface area contributed by atoms with Crippen molar-refractivity contribution in [2.75, 3.05) is 25.1 Å². The quantitative estimate of drug-likeness (QED) is 0.289. The first-order valence-electron chi connectivity index (χ1n) is 10.8. The number of hydrogen-bond acceptors (Lipinski definition) is 9. The van der Waals surface area contributed by atoms with Gasteiger partial charge in [0.1, 0.15) is 17.8 Å². The Morgan fingerprint density at radius 2 is 1.83 bits per heavy atom. The number of nitrogens with zero attached hydrogens (tertiary/aromatic N) is 4. The summed E-state index contributed by atoms with van der Waals surface area (Å²) >= 11 is 0. The molecule has 0 unspecified atom stereocenters. The summed E-state index contributed by atoms with van der Waals surface area (Å²) in [6.07, 6.45) is 1.80. The normalized spacial score (nSPS) is 13.8. The molecule has 11 nitrogen and oxygen atoms in total. The molecule has 35 heavy (non-hydrogen) atoms. The highest BCUT2D eigenvalue weighted by molar-refractivity contribution is 6.10. The molecule has 0 aliphatic carbocycles. The van der Waals surface area contributed by atoms with E-state index in [-0.39, 0.29) is 41.9 Å². The van der Waals surface area contributed by atoms with E-state index in [0.717, 1.165) is 6.33 Å². The number of aromatic nitrogens is 2. The molecule has 1 aromatic heterocycles. The lowest BCUT2D eigenvalue weighted by Crippen LogP contribution is -2.37. The number of methoxy groups -OCH3 is 1. The van der Waals surface area contributed by atoms with Crippen LogP contribution in [0.15, 0.2) is 54.9 Å². The number of ketones is 1. The maximum absolute atomic E-state index is 13.1. The van der Waals surface area contributed by atoms with E-state index in [4.69, 9.17) is 9.47 Å². The van der Waals surface area contributed by atoms with E-state index >= 15 is 0 Å². The van der Waals surface area contributed by atoms with Gasteiger partial charge in [-0.2, -0.15) is 4.98 Å². The second kappa shape index (κ2) is 10.2. The molecule has 0 amide bonds. The summed E-state index contributed by atoms with van der Waals surface area (Å²) in [4.78, 5) is 45.5. The lowest BCUT2D eigenvalue weighted by Gasteiger charge is -2.30. The Bertz CT molecular complexity index is 1260. The van der Waals surface area contributed by atoms with Gasteiger partial charge in [-0.15, -0.1) is 0 Å². The minimum Gasteiger partial charge on any atom is -0.497 e. The van der Waals surface area contributed by atoms with Gasteiger partial charge in [-0.25, -0.2) is 4.98 Å². The Morgan fingerprint density at radius 1 is 1.11 bits per heavy atom. The van der Waals surface area contributed by atoms with Gasteiger partial charge in [-0.1, -0.05) is 30.3 Å². The third kappa shape index (κ3) is 5.03. The number of carboxylic acid groups (broad SMARTS) is 1. The Balaban J connectivity index is 1.71. The Morgan fingerprint density at radius 3 is 2.46 bits per heavy atom. The molecule has 1 saturated heterocycles. The number of benzene rings is 2. The van der Waals surface area contributed by atoms with Gasteiger partial charge >= 0.3 is 17.5 Å². The van der Waals surface area contributed by atoms with Gasteiger partial charge in [0.2, 0.25) is 5.82 Å². The van der Waals surface area contributed by atoms with Crippen LogP contribution in [-0.2, 0) is 4.79 Å². The zero-order valence-electron chi connectivity index (χ0n) is 18.8. The van der Waals surface area contributed by atoms with Crippen molar-refractivity contribution < 1.29 is 29.1 Å². The summed E-state index contributed by atoms with van der Waals surface area (Å²) in [5, 5.41) is 21.3. The number of nitro groups is 1. The summed E-state index contributed by atoms with van der Waals surface area (Å²) in [5.41, 5.74) is 0.123. The van der Waals surface area contributed by atoms with E-state index in [1.165, 1.54) is 19.2 Å². The van der Waals surface area contributed by atoms with Crippen molar-refractivity contribution in [3.63, 3.8) is 0 Å². The van der Waals surface area contributed by atoms with E-state index in [9.17, 15) is 24.8 Å². The fraction of sp³-hybridized carbons (Fsp3) is 0.250. The van der Waals surface area contributed by atoms with Gasteiger partial charge in [-0.05, 0) is 25.0 Å². The van der Waals surface area contributed by atoms with E-state index in [0.29, 0.717) is 24.2 Å². The fourth-order valence-electron chi connectivity index (χ4n) is 3.91. The number of piperidine rings is 1. The average molecular weight is 478 g/mol. The number of carboxylic acids is 1. The molecule has 0 bridgehead atoms. The predicted molar refractivity (Wildman–Crippen MR) is 124 cm³/mol. The number of carbonyl (C=O) groups excluding carboxylic acids is 1. The van der Waals surface area contributed by atoms with Crippen LogP contribution in [0.2, 0.25) is 0 Å². The van der Waals surface area contributed by atoms with Crippen LogP contribution >= 0.6 is 0 Å². The topological polar surface area (TPSA) is 145 Å². The second-order valence-electron chi connectivity index (χ2n) is 7.87. The van der Waals surface area contributed by atoms with Gasteiger partial charge in [0, 0.05) is 24.7 Å². The summed E-state index contributed by atoms with van der Waals surface area (Å²) in [6.45, 7) is 0.566. The standard InChI is InChI=1S/C24H22N4O7/c1-34-17-7-8-18(21(29)15-5-3-2-4-6-15)19(13-17)35-23-20(28(32)33)22(25-14-26-23)27-11-9-16(10-12-27)24(30)31/h2-8,13-14,16H,9-12H2,1H3,(H,30,31). The number of aliphatic carboxylic acids is 1. The highest BCUT2D eigenvalue weighted by Crippen LogP contribution is 2.39. The highest BCUT2D eigenvalue weighted by atomic mass is 16.6. The molecule has 0 spiro atoms. The molecule has 2 aromatic carbocycles. The van der Waals surface area contributed by atoms with Gasteiger partial charge in [0.15, 0.2) is 5.78 Å². The summed E-state index contributed by atoms with van der Waals surface area (Å²) in [6, 6.07) is 13.1. The first-order chi connectivity index (χ1) is 16.9. The third-order valence-electron chi connectivity index (χ3n) is 5.77. The average Bonchev–Trinajstić information content (AvgIpc) is 2.88. The number of rotatable bonds is 8. The molecule has 2 heterocycles. The fourth-order valence-corrected chi connectivity index (χ4v) is 3.91. The van der Waals surface area contributed by atoms with Crippen molar-refractivity contribution in [2.24, 2.45) is 5.92 Å². The molecule has 3 aromatic rings. The third-order valence-corrected chi connectivity index (χ3v) is 5.77. The lowest BCUT2D eigenvalue weighted by atomic mass is 9.97. The summed E-state index contributed by atoms with van der Waals surface area (Å²) in [7, 11) is 1.45. The number of carbonyl (C=O) groups is 2. The molecule has 4 rings (SSSR count). The van der Waals surface area contributed by atoms with Crippen LogP contribution in [0, 0.1) is 16.0 Å². The summed E-state index contributed by atoms with van der Waals surface area (Å²) in [5.74, 6) is -1.62. The first-order valence-corrected chi connectivity index (χ1v) is 10.8. The predicted octanol–water partition coefficient (Wildman–Crippen LogP) is 3.72. The van der Waals surface area contributed by atoms with Crippen LogP contribution in [0.1, 0.15) is 28.8 Å². The Hall–Kier alpha value is -4.54. The SMILES string of the molecule is COc1ccc(C(=O)c2ccccc2)c(Oc2ncnc(N3CCC(C(=O)O)CC3)c2[N+](=O)[O-])c1. The van der Waals surface area contributed by atoms with Crippen LogP contribution in [0.25, 0.3) is 0 Å². The Labute approximate surface area is 200 Å². The zero-order valence-corrected chi connectivity index (χ0v) is 18.8. The zero-order chi connectivity index (χ0) is 24.9. The van der Waals surface area contributed by atoms with E-state index in [2.05, 4.69) is 9.97 Å². The van der Waals surface area contributed by atoms with E-state index in [1.54, 1.807) is 41.3 Å². The van der Waals surface area contributed by atoms with Crippen molar-refractivity contribution in [2.45, 2.75) is 12.8 Å². The first kappa shape index (κ1) is 23.6. The minimum atomic E-state index is -0.889. The van der Waals surface area contributed by atoms with Crippen molar-refractivity contribution in [3.05, 3.63) is 76.1 Å².